The first kappa shape index (κ1) is 20.1. The third kappa shape index (κ3) is 4.59. The molecule has 28 heavy (non-hydrogen) atoms. The van der Waals surface area contributed by atoms with Gasteiger partial charge in [0.1, 0.15) is 5.37 Å². The Balaban J connectivity index is 1.77. The van der Waals surface area contributed by atoms with Crippen molar-refractivity contribution in [2.75, 3.05) is 32.6 Å². The van der Waals surface area contributed by atoms with Crippen molar-refractivity contribution in [3.05, 3.63) is 59.7 Å². The molecule has 148 valence electrons. The average molecular weight is 401 g/mol. The molecule has 0 saturated carbocycles. The zero-order chi connectivity index (χ0) is 19.9. The average Bonchev–Trinajstić information content (AvgIpc) is 3.22. The minimum absolute atomic E-state index is 0.0113. The van der Waals surface area contributed by atoms with Crippen LogP contribution in [0.5, 0.6) is 11.5 Å². The van der Waals surface area contributed by atoms with Gasteiger partial charge < -0.3 is 19.1 Å². The van der Waals surface area contributed by atoms with E-state index >= 15 is 0 Å². The fourth-order valence-electron chi connectivity index (χ4n) is 3.00. The minimum atomic E-state index is -0.431. The number of amides is 1. The van der Waals surface area contributed by atoms with Crippen LogP contribution in [0.1, 0.15) is 28.2 Å². The van der Waals surface area contributed by atoms with Crippen molar-refractivity contribution in [2.24, 2.45) is 0 Å². The molecule has 1 saturated heterocycles. The van der Waals surface area contributed by atoms with Gasteiger partial charge in [0, 0.05) is 17.9 Å². The maximum atomic E-state index is 12.9. The highest BCUT2D eigenvalue weighted by Crippen LogP contribution is 2.41. The van der Waals surface area contributed by atoms with Crippen molar-refractivity contribution in [1.29, 1.82) is 0 Å². The number of carbonyl (C=O) groups excluding carboxylic acids is 2. The summed E-state index contributed by atoms with van der Waals surface area (Å²) in [6.07, 6.45) is 0. The fraction of sp³-hybridized carbons (Fsp3) is 0.333. The Labute approximate surface area is 168 Å². The van der Waals surface area contributed by atoms with E-state index in [0.29, 0.717) is 30.2 Å². The van der Waals surface area contributed by atoms with E-state index in [9.17, 15) is 9.59 Å². The zero-order valence-corrected chi connectivity index (χ0v) is 16.7. The van der Waals surface area contributed by atoms with E-state index in [-0.39, 0.29) is 17.9 Å². The SMILES string of the molecule is CCOC(=O)COc1ccc(C2SCCN2C(=O)c2ccccc2)cc1OC. The normalized spacial score (nSPS) is 15.9. The number of hydrogen-bond acceptors (Lipinski definition) is 6. The van der Waals surface area contributed by atoms with Crippen molar-refractivity contribution in [1.82, 2.24) is 4.90 Å². The smallest absolute Gasteiger partial charge is 0.344 e. The largest absolute Gasteiger partial charge is 0.493 e. The van der Waals surface area contributed by atoms with Gasteiger partial charge in [-0.05, 0) is 36.8 Å². The van der Waals surface area contributed by atoms with Gasteiger partial charge in [0.2, 0.25) is 0 Å². The topological polar surface area (TPSA) is 65.1 Å². The lowest BCUT2D eigenvalue weighted by molar-refractivity contribution is -0.145. The predicted molar refractivity (Wildman–Crippen MR) is 108 cm³/mol. The first-order valence-corrected chi connectivity index (χ1v) is 10.1. The number of carbonyl (C=O) groups is 2. The van der Waals surface area contributed by atoms with Gasteiger partial charge in [-0.15, -0.1) is 11.8 Å². The molecule has 6 nitrogen and oxygen atoms in total. The van der Waals surface area contributed by atoms with Gasteiger partial charge in [0.25, 0.3) is 5.91 Å². The first-order chi connectivity index (χ1) is 13.6. The molecule has 1 aliphatic heterocycles. The standard InChI is InChI=1S/C21H23NO5S/c1-3-26-19(23)14-27-17-10-9-16(13-18(17)25-2)21-22(11-12-28-21)20(24)15-7-5-4-6-8-15/h4-10,13,21H,3,11-12,14H2,1-2H3. The number of hydrogen-bond donors (Lipinski definition) is 0. The van der Waals surface area contributed by atoms with Gasteiger partial charge in [-0.1, -0.05) is 24.3 Å². The summed E-state index contributed by atoms with van der Waals surface area (Å²) < 4.78 is 15.8. The number of methoxy groups -OCH3 is 1. The van der Waals surface area contributed by atoms with E-state index in [1.807, 2.05) is 47.4 Å². The number of benzene rings is 2. The number of esters is 1. The van der Waals surface area contributed by atoms with Gasteiger partial charge in [-0.2, -0.15) is 0 Å². The molecule has 2 aromatic carbocycles. The molecule has 3 rings (SSSR count). The highest BCUT2D eigenvalue weighted by Gasteiger charge is 2.31. The molecule has 0 aliphatic carbocycles. The van der Waals surface area contributed by atoms with Crippen LogP contribution in [0.15, 0.2) is 48.5 Å². The maximum Gasteiger partial charge on any atom is 0.344 e. The van der Waals surface area contributed by atoms with Crippen LogP contribution in [0.2, 0.25) is 0 Å². The van der Waals surface area contributed by atoms with Crippen molar-refractivity contribution in [2.45, 2.75) is 12.3 Å². The second-order valence-electron chi connectivity index (χ2n) is 6.09. The summed E-state index contributed by atoms with van der Waals surface area (Å²) in [6, 6.07) is 14.8. The van der Waals surface area contributed by atoms with Crippen LogP contribution in [-0.2, 0) is 9.53 Å². The molecule has 0 radical (unpaired) electrons. The van der Waals surface area contributed by atoms with Crippen molar-refractivity contribution in [3.63, 3.8) is 0 Å². The fourth-order valence-corrected chi connectivity index (χ4v) is 4.24. The van der Waals surface area contributed by atoms with Crippen LogP contribution in [0.25, 0.3) is 0 Å². The quantitative estimate of drug-likeness (QED) is 0.662. The number of nitrogens with zero attached hydrogens (tertiary/aromatic N) is 1. The van der Waals surface area contributed by atoms with Crippen LogP contribution in [-0.4, -0.2) is 49.4 Å². The summed E-state index contributed by atoms with van der Waals surface area (Å²) in [5, 5.41) is -0.0966. The molecule has 1 amide bonds. The molecule has 1 atom stereocenters. The van der Waals surface area contributed by atoms with Crippen LogP contribution in [0.4, 0.5) is 0 Å². The van der Waals surface area contributed by atoms with Crippen LogP contribution < -0.4 is 9.47 Å². The van der Waals surface area contributed by atoms with Gasteiger partial charge >= 0.3 is 5.97 Å². The molecule has 0 aromatic heterocycles. The first-order valence-electron chi connectivity index (χ1n) is 9.08. The van der Waals surface area contributed by atoms with Crippen LogP contribution in [0.3, 0.4) is 0 Å². The number of thioether (sulfide) groups is 1. The summed E-state index contributed by atoms with van der Waals surface area (Å²) in [7, 11) is 1.55. The monoisotopic (exact) mass is 401 g/mol. The van der Waals surface area contributed by atoms with Gasteiger partial charge in [0.15, 0.2) is 18.1 Å². The maximum absolute atomic E-state index is 12.9. The summed E-state index contributed by atoms with van der Waals surface area (Å²) in [5.74, 6) is 1.42. The molecular formula is C21H23NO5S. The third-order valence-electron chi connectivity index (χ3n) is 4.30. The molecule has 7 heteroatoms. The molecule has 0 spiro atoms. The van der Waals surface area contributed by atoms with E-state index in [4.69, 9.17) is 14.2 Å². The summed E-state index contributed by atoms with van der Waals surface area (Å²) >= 11 is 1.71. The second-order valence-corrected chi connectivity index (χ2v) is 7.28. The lowest BCUT2D eigenvalue weighted by Crippen LogP contribution is -2.30. The van der Waals surface area contributed by atoms with Crippen molar-refractivity contribution >= 4 is 23.6 Å². The molecule has 1 aliphatic rings. The van der Waals surface area contributed by atoms with Gasteiger partial charge in [-0.25, -0.2) is 4.79 Å². The lowest BCUT2D eigenvalue weighted by atomic mass is 10.1. The van der Waals surface area contributed by atoms with E-state index in [0.717, 1.165) is 11.3 Å². The van der Waals surface area contributed by atoms with Crippen molar-refractivity contribution in [3.8, 4) is 11.5 Å². The third-order valence-corrected chi connectivity index (χ3v) is 5.56. The number of rotatable bonds is 7. The van der Waals surface area contributed by atoms with E-state index in [2.05, 4.69) is 0 Å². The van der Waals surface area contributed by atoms with Crippen LogP contribution >= 0.6 is 11.8 Å². The predicted octanol–water partition coefficient (Wildman–Crippen LogP) is 3.52. The van der Waals surface area contributed by atoms with E-state index in [1.165, 1.54) is 0 Å². The molecule has 1 heterocycles. The molecule has 2 aromatic rings. The number of ether oxygens (including phenoxy) is 3. The Morgan fingerprint density at radius 3 is 2.64 bits per heavy atom. The molecule has 1 unspecified atom stereocenters. The molecule has 0 N–H and O–H groups in total. The highest BCUT2D eigenvalue weighted by molar-refractivity contribution is 7.99. The van der Waals surface area contributed by atoms with Gasteiger partial charge in [-0.3, -0.25) is 4.79 Å². The Hall–Kier alpha value is -2.67. The Kier molecular flexibility index (Phi) is 6.81. The van der Waals surface area contributed by atoms with Crippen molar-refractivity contribution < 1.29 is 23.8 Å². The molecule has 1 fully saturated rings. The summed E-state index contributed by atoms with van der Waals surface area (Å²) in [4.78, 5) is 26.3. The Morgan fingerprint density at radius 1 is 1.14 bits per heavy atom. The zero-order valence-electron chi connectivity index (χ0n) is 15.9. The summed E-state index contributed by atoms with van der Waals surface area (Å²) in [5.41, 5.74) is 1.63. The van der Waals surface area contributed by atoms with Crippen LogP contribution in [0, 0.1) is 0 Å². The van der Waals surface area contributed by atoms with E-state index in [1.54, 1.807) is 31.9 Å². The molecule has 0 bridgehead atoms. The Morgan fingerprint density at radius 2 is 1.93 bits per heavy atom. The lowest BCUT2D eigenvalue weighted by Gasteiger charge is -2.25. The highest BCUT2D eigenvalue weighted by atomic mass is 32.2. The van der Waals surface area contributed by atoms with E-state index < -0.39 is 5.97 Å². The Bertz CT molecular complexity index is 827. The van der Waals surface area contributed by atoms with Gasteiger partial charge in [0.05, 0.1) is 13.7 Å². The minimum Gasteiger partial charge on any atom is -0.493 e. The summed E-state index contributed by atoms with van der Waals surface area (Å²) in [6.45, 7) is 2.56. The molecular weight excluding hydrogens is 378 g/mol. The second kappa shape index (κ2) is 9.50.